The Morgan fingerprint density at radius 3 is 2.91 bits per heavy atom. The number of fused-ring (bicyclic) bond motifs is 1. The summed E-state index contributed by atoms with van der Waals surface area (Å²) in [7, 11) is 0. The van der Waals surface area contributed by atoms with Gasteiger partial charge in [-0.3, -0.25) is 4.79 Å². The minimum Gasteiger partial charge on any atom is -0.491 e. The Morgan fingerprint density at radius 2 is 2.18 bits per heavy atom. The van der Waals surface area contributed by atoms with Crippen molar-refractivity contribution in [3.05, 3.63) is 74.8 Å². The number of nitrogens with one attached hydrogen (secondary N) is 1. The highest BCUT2D eigenvalue weighted by Crippen LogP contribution is 2.34. The van der Waals surface area contributed by atoms with Crippen molar-refractivity contribution >= 4 is 34.9 Å². The van der Waals surface area contributed by atoms with E-state index in [-0.39, 0.29) is 31.1 Å². The molecule has 1 N–H and O–H groups in total. The van der Waals surface area contributed by atoms with Crippen LogP contribution in [-0.2, 0) is 17.8 Å². The molecule has 0 radical (unpaired) electrons. The molecule has 0 spiro atoms. The Kier molecular flexibility index (Phi) is 7.80. The first kappa shape index (κ1) is 24.2. The maximum Gasteiger partial charge on any atom is 0.318 e. The summed E-state index contributed by atoms with van der Waals surface area (Å²) in [6.45, 7) is 5.30. The highest BCUT2D eigenvalue weighted by molar-refractivity contribution is 7.10. The van der Waals surface area contributed by atoms with Crippen LogP contribution in [0.15, 0.2) is 52.5 Å². The molecule has 34 heavy (non-hydrogen) atoms. The molecule has 0 aliphatic carbocycles. The lowest BCUT2D eigenvalue weighted by Gasteiger charge is -2.37. The predicted molar refractivity (Wildman–Crippen MR) is 132 cm³/mol. The van der Waals surface area contributed by atoms with Crippen LogP contribution in [0.4, 0.5) is 4.79 Å². The molecule has 0 bridgehead atoms. The molecule has 1 aliphatic rings. The van der Waals surface area contributed by atoms with Crippen LogP contribution in [0.5, 0.6) is 5.75 Å². The van der Waals surface area contributed by atoms with Gasteiger partial charge in [0.1, 0.15) is 24.7 Å². The molecule has 0 unspecified atom stereocenters. The molecule has 0 fully saturated rings. The summed E-state index contributed by atoms with van der Waals surface area (Å²) in [6, 6.07) is 10.6. The van der Waals surface area contributed by atoms with Crippen molar-refractivity contribution in [2.45, 2.75) is 32.9 Å². The predicted octanol–water partition coefficient (Wildman–Crippen LogP) is 5.04. The number of urea groups is 1. The summed E-state index contributed by atoms with van der Waals surface area (Å²) >= 11 is 7.84. The van der Waals surface area contributed by atoms with Crippen LogP contribution < -0.4 is 10.1 Å². The number of benzene rings is 1. The van der Waals surface area contributed by atoms with Crippen LogP contribution in [0.25, 0.3) is 0 Å². The van der Waals surface area contributed by atoms with Gasteiger partial charge in [0.15, 0.2) is 0 Å². The Morgan fingerprint density at radius 1 is 1.32 bits per heavy atom. The van der Waals surface area contributed by atoms with Gasteiger partial charge in [0.2, 0.25) is 5.91 Å². The Labute approximate surface area is 208 Å². The number of thiophene rings is 1. The topological polar surface area (TPSA) is 75.0 Å². The quantitative estimate of drug-likeness (QED) is 0.469. The van der Waals surface area contributed by atoms with Gasteiger partial charge in [0.05, 0.1) is 18.8 Å². The van der Waals surface area contributed by atoms with E-state index in [9.17, 15) is 9.59 Å². The van der Waals surface area contributed by atoms with E-state index >= 15 is 0 Å². The minimum absolute atomic E-state index is 0.0530. The first-order chi connectivity index (χ1) is 16.5. The van der Waals surface area contributed by atoms with E-state index in [0.29, 0.717) is 36.2 Å². The van der Waals surface area contributed by atoms with Crippen molar-refractivity contribution < 1.29 is 18.7 Å². The van der Waals surface area contributed by atoms with Crippen LogP contribution in [0.2, 0.25) is 5.02 Å². The fraction of sp³-hybridized carbons (Fsp3) is 0.360. The van der Waals surface area contributed by atoms with Crippen LogP contribution in [0.3, 0.4) is 0 Å². The first-order valence-electron chi connectivity index (χ1n) is 11.3. The van der Waals surface area contributed by atoms with E-state index in [0.717, 1.165) is 17.5 Å². The number of carbonyl (C=O) groups excluding carboxylic acids is 2. The third-order valence-electron chi connectivity index (χ3n) is 5.82. The Bertz CT molecular complexity index is 1130. The summed E-state index contributed by atoms with van der Waals surface area (Å²) < 4.78 is 11.5. The summed E-state index contributed by atoms with van der Waals surface area (Å²) in [5.41, 5.74) is 2.04. The van der Waals surface area contributed by atoms with Crippen molar-refractivity contribution in [1.82, 2.24) is 15.1 Å². The molecular weight excluding hydrogens is 474 g/mol. The van der Waals surface area contributed by atoms with E-state index in [1.165, 1.54) is 9.78 Å². The van der Waals surface area contributed by atoms with E-state index in [4.69, 9.17) is 20.8 Å². The molecule has 1 aromatic carbocycles. The SMILES string of the molecule is CCNC(=O)N(CC(=O)N1CCc2sccc2[C@H]1COc1ccc(Cl)c(C)c1)Cc1ccco1. The fourth-order valence-corrected chi connectivity index (χ4v) is 5.11. The number of halogens is 1. The van der Waals surface area contributed by atoms with Gasteiger partial charge in [-0.25, -0.2) is 4.79 Å². The minimum atomic E-state index is -0.301. The van der Waals surface area contributed by atoms with Crippen LogP contribution in [0.1, 0.15) is 34.7 Å². The maximum atomic E-state index is 13.5. The number of ether oxygens (including phenoxy) is 1. The van der Waals surface area contributed by atoms with E-state index in [1.54, 1.807) is 29.7 Å². The third-order valence-corrected chi connectivity index (χ3v) is 7.24. The standard InChI is InChI=1S/C25H28ClN3O4S/c1-3-27-25(31)28(14-19-5-4-11-32-19)15-24(30)29-10-8-23-20(9-12-34-23)22(29)16-33-18-6-7-21(26)17(2)13-18/h4-7,9,11-13,22H,3,8,10,14-16H2,1-2H3,(H,27,31)/t22-/m1/s1. The number of hydrogen-bond acceptors (Lipinski definition) is 5. The molecule has 0 saturated heterocycles. The summed E-state index contributed by atoms with van der Waals surface area (Å²) in [5, 5.41) is 5.52. The zero-order valence-electron chi connectivity index (χ0n) is 19.3. The normalized spacial score (nSPS) is 15.0. The number of rotatable bonds is 8. The molecular formula is C25H28ClN3O4S. The smallest absolute Gasteiger partial charge is 0.318 e. The van der Waals surface area contributed by atoms with Crippen molar-refractivity contribution in [2.75, 3.05) is 26.2 Å². The van der Waals surface area contributed by atoms with Crippen molar-refractivity contribution in [1.29, 1.82) is 0 Å². The molecule has 180 valence electrons. The van der Waals surface area contributed by atoms with Crippen LogP contribution in [-0.4, -0.2) is 48.0 Å². The van der Waals surface area contributed by atoms with Gasteiger partial charge < -0.3 is 24.3 Å². The van der Waals surface area contributed by atoms with Gasteiger partial charge in [0.25, 0.3) is 0 Å². The Hall–Kier alpha value is -2.97. The van der Waals surface area contributed by atoms with Crippen molar-refractivity contribution in [3.8, 4) is 5.75 Å². The molecule has 3 aromatic rings. The lowest BCUT2D eigenvalue weighted by atomic mass is 10.0. The molecule has 1 atom stereocenters. The molecule has 3 amide bonds. The second-order valence-electron chi connectivity index (χ2n) is 8.14. The van der Waals surface area contributed by atoms with E-state index in [2.05, 4.69) is 16.8 Å². The maximum absolute atomic E-state index is 13.5. The van der Waals surface area contributed by atoms with Crippen molar-refractivity contribution in [2.24, 2.45) is 0 Å². The number of amides is 3. The largest absolute Gasteiger partial charge is 0.491 e. The Balaban J connectivity index is 1.51. The number of carbonyl (C=O) groups is 2. The number of aryl methyl sites for hydroxylation is 1. The molecule has 1 aliphatic heterocycles. The molecule has 0 saturated carbocycles. The fourth-order valence-electron chi connectivity index (χ4n) is 4.06. The first-order valence-corrected chi connectivity index (χ1v) is 12.5. The number of furan rings is 1. The number of nitrogens with zero attached hydrogens (tertiary/aromatic N) is 2. The zero-order valence-corrected chi connectivity index (χ0v) is 20.8. The second-order valence-corrected chi connectivity index (χ2v) is 9.55. The van der Waals surface area contributed by atoms with Gasteiger partial charge in [-0.05, 0) is 73.2 Å². The van der Waals surface area contributed by atoms with E-state index in [1.807, 2.05) is 36.9 Å². The average molecular weight is 502 g/mol. The van der Waals surface area contributed by atoms with Gasteiger partial charge >= 0.3 is 6.03 Å². The molecule has 7 nitrogen and oxygen atoms in total. The van der Waals surface area contributed by atoms with Crippen molar-refractivity contribution in [3.63, 3.8) is 0 Å². The van der Waals surface area contributed by atoms with Gasteiger partial charge in [-0.1, -0.05) is 11.6 Å². The monoisotopic (exact) mass is 501 g/mol. The van der Waals surface area contributed by atoms with Crippen LogP contribution >= 0.6 is 22.9 Å². The van der Waals surface area contributed by atoms with E-state index < -0.39 is 0 Å². The highest BCUT2D eigenvalue weighted by atomic mass is 35.5. The summed E-state index contributed by atoms with van der Waals surface area (Å²) in [6.07, 6.45) is 2.34. The van der Waals surface area contributed by atoms with Crippen LogP contribution in [0, 0.1) is 6.92 Å². The molecule has 2 aromatic heterocycles. The number of hydrogen-bond donors (Lipinski definition) is 1. The average Bonchev–Trinajstić information content (AvgIpc) is 3.51. The summed E-state index contributed by atoms with van der Waals surface area (Å²) in [4.78, 5) is 30.7. The van der Waals surface area contributed by atoms with Gasteiger partial charge in [0, 0.05) is 23.0 Å². The lowest BCUT2D eigenvalue weighted by Crippen LogP contribution is -2.49. The highest BCUT2D eigenvalue weighted by Gasteiger charge is 2.33. The van der Waals surface area contributed by atoms with Gasteiger partial charge in [-0.15, -0.1) is 11.3 Å². The molecule has 4 rings (SSSR count). The summed E-state index contributed by atoms with van der Waals surface area (Å²) in [5.74, 6) is 1.20. The lowest BCUT2D eigenvalue weighted by molar-refractivity contribution is -0.135. The zero-order chi connectivity index (χ0) is 24.1. The van der Waals surface area contributed by atoms with Gasteiger partial charge in [-0.2, -0.15) is 0 Å². The molecule has 9 heteroatoms. The molecule has 3 heterocycles. The third kappa shape index (κ3) is 5.56. The second kappa shape index (κ2) is 11.0.